The van der Waals surface area contributed by atoms with Crippen LogP contribution in [0.4, 0.5) is 0 Å². The van der Waals surface area contributed by atoms with Crippen LogP contribution in [0.3, 0.4) is 0 Å². The lowest BCUT2D eigenvalue weighted by Gasteiger charge is -2.12. The van der Waals surface area contributed by atoms with E-state index in [1.807, 2.05) is 19.2 Å². The molecule has 0 aliphatic carbocycles. The van der Waals surface area contributed by atoms with E-state index in [1.54, 1.807) is 12.1 Å². The molecule has 14 heavy (non-hydrogen) atoms. The van der Waals surface area contributed by atoms with Gasteiger partial charge in [-0.2, -0.15) is 0 Å². The summed E-state index contributed by atoms with van der Waals surface area (Å²) in [5, 5.41) is 9.24. The fraction of sp³-hybridized carbons (Fsp3) is 0.333. The summed E-state index contributed by atoms with van der Waals surface area (Å²) in [6, 6.07) is 7.31. The van der Waals surface area contributed by atoms with Crippen LogP contribution in [-0.2, 0) is 6.42 Å². The zero-order valence-corrected chi connectivity index (χ0v) is 8.40. The normalized spacial score (nSPS) is 10.1. The van der Waals surface area contributed by atoms with Crippen LogP contribution in [0, 0.1) is 12.3 Å². The summed E-state index contributed by atoms with van der Waals surface area (Å²) >= 11 is 0. The van der Waals surface area contributed by atoms with Crippen LogP contribution >= 0.6 is 0 Å². The van der Waals surface area contributed by atoms with Gasteiger partial charge in [-0.05, 0) is 31.2 Å². The van der Waals surface area contributed by atoms with E-state index in [0.29, 0.717) is 12.3 Å². The molecule has 0 heterocycles. The van der Waals surface area contributed by atoms with Crippen LogP contribution in [0.25, 0.3) is 0 Å². The van der Waals surface area contributed by atoms with E-state index < -0.39 is 0 Å². The Morgan fingerprint density at radius 1 is 1.50 bits per heavy atom. The van der Waals surface area contributed by atoms with Crippen molar-refractivity contribution in [3.05, 3.63) is 29.8 Å². The van der Waals surface area contributed by atoms with Gasteiger partial charge in [0.05, 0.1) is 6.54 Å². The molecule has 1 aromatic carbocycles. The first-order valence-electron chi connectivity index (χ1n) is 4.62. The summed E-state index contributed by atoms with van der Waals surface area (Å²) < 4.78 is 0. The maximum atomic E-state index is 9.24. The number of aromatic hydroxyl groups is 1. The van der Waals surface area contributed by atoms with Gasteiger partial charge in [0.25, 0.3) is 0 Å². The minimum atomic E-state index is 0.321. The van der Waals surface area contributed by atoms with Gasteiger partial charge < -0.3 is 5.11 Å². The number of hydrogen-bond acceptors (Lipinski definition) is 2. The molecule has 0 aliphatic heterocycles. The van der Waals surface area contributed by atoms with Crippen molar-refractivity contribution >= 4 is 0 Å². The molecule has 0 aromatic heterocycles. The number of likely N-dealkylation sites (N-methyl/N-ethyl adjacent to an activating group) is 1. The van der Waals surface area contributed by atoms with E-state index in [9.17, 15) is 5.11 Å². The molecule has 74 valence electrons. The molecule has 0 saturated heterocycles. The van der Waals surface area contributed by atoms with Crippen molar-refractivity contribution in [3.8, 4) is 18.1 Å². The van der Waals surface area contributed by atoms with Crippen molar-refractivity contribution < 1.29 is 5.11 Å². The number of phenolic OH excluding ortho intramolecular Hbond substituents is 1. The standard InChI is InChI=1S/C12H15NO/c1-3-8-13(2)9-7-11-5-4-6-12(14)10-11/h1,4-6,10,14H,7-9H2,2H3. The van der Waals surface area contributed by atoms with E-state index in [4.69, 9.17) is 6.42 Å². The second kappa shape index (κ2) is 5.31. The van der Waals surface area contributed by atoms with Gasteiger partial charge >= 0.3 is 0 Å². The predicted molar refractivity (Wildman–Crippen MR) is 58.1 cm³/mol. The average Bonchev–Trinajstić information content (AvgIpc) is 2.15. The van der Waals surface area contributed by atoms with E-state index in [-0.39, 0.29) is 0 Å². The van der Waals surface area contributed by atoms with Gasteiger partial charge in [0.2, 0.25) is 0 Å². The summed E-state index contributed by atoms with van der Waals surface area (Å²) in [5.41, 5.74) is 1.13. The number of terminal acetylenes is 1. The topological polar surface area (TPSA) is 23.5 Å². The maximum Gasteiger partial charge on any atom is 0.115 e. The third-order valence-corrected chi connectivity index (χ3v) is 2.05. The minimum absolute atomic E-state index is 0.321. The molecule has 1 aromatic rings. The fourth-order valence-corrected chi connectivity index (χ4v) is 1.27. The highest BCUT2D eigenvalue weighted by Gasteiger charge is 1.98. The highest BCUT2D eigenvalue weighted by Crippen LogP contribution is 2.11. The Bertz CT molecular complexity index is 327. The van der Waals surface area contributed by atoms with Gasteiger partial charge in [0.1, 0.15) is 5.75 Å². The molecular formula is C12H15NO. The summed E-state index contributed by atoms with van der Waals surface area (Å²) in [6.45, 7) is 1.58. The van der Waals surface area contributed by atoms with E-state index in [0.717, 1.165) is 18.5 Å². The van der Waals surface area contributed by atoms with Crippen molar-refractivity contribution in [2.75, 3.05) is 20.1 Å². The molecule has 0 radical (unpaired) electrons. The first-order chi connectivity index (χ1) is 6.72. The molecule has 0 bridgehead atoms. The summed E-state index contributed by atoms with van der Waals surface area (Å²) in [7, 11) is 1.99. The highest BCUT2D eigenvalue weighted by atomic mass is 16.3. The lowest BCUT2D eigenvalue weighted by Crippen LogP contribution is -2.21. The van der Waals surface area contributed by atoms with Crippen LogP contribution < -0.4 is 0 Å². The van der Waals surface area contributed by atoms with Crippen LogP contribution in [0.15, 0.2) is 24.3 Å². The Hall–Kier alpha value is -1.46. The first kappa shape index (κ1) is 10.6. The van der Waals surface area contributed by atoms with Crippen LogP contribution in [0.2, 0.25) is 0 Å². The third kappa shape index (κ3) is 3.51. The van der Waals surface area contributed by atoms with Gasteiger partial charge in [-0.25, -0.2) is 0 Å². The molecule has 2 nitrogen and oxygen atoms in total. The van der Waals surface area contributed by atoms with Gasteiger partial charge in [0.15, 0.2) is 0 Å². The summed E-state index contributed by atoms with van der Waals surface area (Å²) in [6.07, 6.45) is 6.10. The van der Waals surface area contributed by atoms with Gasteiger partial charge in [-0.1, -0.05) is 18.1 Å². The Morgan fingerprint density at radius 3 is 2.93 bits per heavy atom. The molecule has 1 rings (SSSR count). The van der Waals surface area contributed by atoms with E-state index >= 15 is 0 Å². The SMILES string of the molecule is C#CCN(C)CCc1cccc(O)c1. The van der Waals surface area contributed by atoms with Crippen LogP contribution in [-0.4, -0.2) is 30.1 Å². The number of phenols is 1. The van der Waals surface area contributed by atoms with Crippen LogP contribution in [0.1, 0.15) is 5.56 Å². The Kier molecular flexibility index (Phi) is 4.03. The zero-order chi connectivity index (χ0) is 10.4. The smallest absolute Gasteiger partial charge is 0.115 e. The van der Waals surface area contributed by atoms with Crippen molar-refractivity contribution in [2.45, 2.75) is 6.42 Å². The Balaban J connectivity index is 2.42. The van der Waals surface area contributed by atoms with Crippen molar-refractivity contribution in [1.82, 2.24) is 4.90 Å². The van der Waals surface area contributed by atoms with Gasteiger partial charge in [-0.15, -0.1) is 6.42 Å². The Morgan fingerprint density at radius 2 is 2.29 bits per heavy atom. The number of benzene rings is 1. The van der Waals surface area contributed by atoms with E-state index in [2.05, 4.69) is 10.8 Å². The summed E-state index contributed by atoms with van der Waals surface area (Å²) in [4.78, 5) is 2.07. The second-order valence-electron chi connectivity index (χ2n) is 3.36. The molecule has 1 N–H and O–H groups in total. The molecule has 0 unspecified atom stereocenters. The third-order valence-electron chi connectivity index (χ3n) is 2.05. The highest BCUT2D eigenvalue weighted by molar-refractivity contribution is 5.27. The monoisotopic (exact) mass is 189 g/mol. The fourth-order valence-electron chi connectivity index (χ4n) is 1.27. The predicted octanol–water partition coefficient (Wildman–Crippen LogP) is 1.50. The molecule has 0 spiro atoms. The van der Waals surface area contributed by atoms with Crippen molar-refractivity contribution in [1.29, 1.82) is 0 Å². The largest absolute Gasteiger partial charge is 0.508 e. The molecule has 0 aliphatic rings. The lowest BCUT2D eigenvalue weighted by molar-refractivity contribution is 0.380. The Labute approximate surface area is 85.2 Å². The maximum absolute atomic E-state index is 9.24. The summed E-state index contributed by atoms with van der Waals surface area (Å²) in [5.74, 6) is 2.91. The van der Waals surface area contributed by atoms with E-state index in [1.165, 1.54) is 0 Å². The number of hydrogen-bond donors (Lipinski definition) is 1. The first-order valence-corrected chi connectivity index (χ1v) is 4.62. The van der Waals surface area contributed by atoms with Gasteiger partial charge in [-0.3, -0.25) is 4.90 Å². The molecule has 2 heteroatoms. The molecule has 0 saturated carbocycles. The minimum Gasteiger partial charge on any atom is -0.508 e. The number of nitrogens with zero attached hydrogens (tertiary/aromatic N) is 1. The quantitative estimate of drug-likeness (QED) is 0.725. The zero-order valence-electron chi connectivity index (χ0n) is 8.40. The molecule has 0 atom stereocenters. The van der Waals surface area contributed by atoms with Gasteiger partial charge in [0, 0.05) is 6.54 Å². The molecule has 0 fully saturated rings. The average molecular weight is 189 g/mol. The van der Waals surface area contributed by atoms with Crippen molar-refractivity contribution in [3.63, 3.8) is 0 Å². The lowest BCUT2D eigenvalue weighted by atomic mass is 10.1. The number of rotatable bonds is 4. The van der Waals surface area contributed by atoms with Crippen molar-refractivity contribution in [2.24, 2.45) is 0 Å². The second-order valence-corrected chi connectivity index (χ2v) is 3.36. The molecular weight excluding hydrogens is 174 g/mol. The van der Waals surface area contributed by atoms with Crippen LogP contribution in [0.5, 0.6) is 5.75 Å². The molecule has 0 amide bonds.